The first-order valence-electron chi connectivity index (χ1n) is 5.66. The van der Waals surface area contributed by atoms with E-state index >= 15 is 0 Å². The molecular formula is C12H16ClNOS. The predicted molar refractivity (Wildman–Crippen MR) is 67.8 cm³/mol. The number of carbonyl (C=O) groups is 1. The van der Waals surface area contributed by atoms with Gasteiger partial charge >= 0.3 is 0 Å². The van der Waals surface area contributed by atoms with Crippen molar-refractivity contribution in [3.05, 3.63) is 21.3 Å². The molecule has 4 heteroatoms. The van der Waals surface area contributed by atoms with E-state index in [-0.39, 0.29) is 5.92 Å². The van der Waals surface area contributed by atoms with E-state index in [1.54, 1.807) is 11.3 Å². The third kappa shape index (κ3) is 2.77. The first-order chi connectivity index (χ1) is 7.66. The van der Waals surface area contributed by atoms with E-state index in [2.05, 4.69) is 0 Å². The summed E-state index contributed by atoms with van der Waals surface area (Å²) in [5.74, 6) is 0.558. The van der Waals surface area contributed by atoms with E-state index in [4.69, 9.17) is 11.6 Å². The minimum Gasteiger partial charge on any atom is -0.340 e. The Kier molecular flexibility index (Phi) is 3.87. The number of amides is 1. The zero-order chi connectivity index (χ0) is 11.5. The molecule has 2 nitrogen and oxygen atoms in total. The van der Waals surface area contributed by atoms with Gasteiger partial charge in [-0.2, -0.15) is 0 Å². The van der Waals surface area contributed by atoms with Crippen molar-refractivity contribution >= 4 is 28.8 Å². The molecule has 0 bridgehead atoms. The fourth-order valence-electron chi connectivity index (χ4n) is 2.23. The number of rotatable bonds is 3. The highest BCUT2D eigenvalue weighted by Crippen LogP contribution is 2.28. The molecule has 1 amide bonds. The van der Waals surface area contributed by atoms with Gasteiger partial charge in [-0.25, -0.2) is 0 Å². The predicted octanol–water partition coefficient (Wildman–Crippen LogP) is 3.55. The number of hydrogen-bond donors (Lipinski definition) is 0. The zero-order valence-corrected chi connectivity index (χ0v) is 11.0. The highest BCUT2D eigenvalue weighted by molar-refractivity contribution is 7.16. The number of hydrogen-bond acceptors (Lipinski definition) is 2. The molecule has 0 aliphatic heterocycles. The van der Waals surface area contributed by atoms with Crippen LogP contribution in [0.1, 0.15) is 30.6 Å². The smallest absolute Gasteiger partial charge is 0.225 e. The summed E-state index contributed by atoms with van der Waals surface area (Å²) in [4.78, 5) is 15.0. The van der Waals surface area contributed by atoms with Gasteiger partial charge in [0.15, 0.2) is 0 Å². The molecule has 0 spiro atoms. The summed E-state index contributed by atoms with van der Waals surface area (Å²) in [6, 6.07) is 3.88. The number of nitrogens with zero attached hydrogens (tertiary/aromatic N) is 1. The van der Waals surface area contributed by atoms with E-state index in [9.17, 15) is 4.79 Å². The van der Waals surface area contributed by atoms with Crippen molar-refractivity contribution in [1.29, 1.82) is 0 Å². The number of halogens is 1. The van der Waals surface area contributed by atoms with Gasteiger partial charge in [0, 0.05) is 17.8 Å². The van der Waals surface area contributed by atoms with Gasteiger partial charge in [0.25, 0.3) is 0 Å². The Morgan fingerprint density at radius 1 is 1.50 bits per heavy atom. The van der Waals surface area contributed by atoms with E-state index in [1.165, 1.54) is 12.8 Å². The molecule has 0 saturated heterocycles. The molecule has 0 radical (unpaired) electrons. The van der Waals surface area contributed by atoms with E-state index in [0.717, 1.165) is 22.1 Å². The lowest BCUT2D eigenvalue weighted by Crippen LogP contribution is -2.30. The first-order valence-corrected chi connectivity index (χ1v) is 6.85. The van der Waals surface area contributed by atoms with Crippen molar-refractivity contribution in [2.45, 2.75) is 32.2 Å². The monoisotopic (exact) mass is 257 g/mol. The van der Waals surface area contributed by atoms with E-state index in [0.29, 0.717) is 12.5 Å². The molecule has 1 aliphatic rings. The van der Waals surface area contributed by atoms with Crippen molar-refractivity contribution in [2.24, 2.45) is 5.92 Å². The van der Waals surface area contributed by atoms with Gasteiger partial charge in [-0.3, -0.25) is 4.79 Å². The highest BCUT2D eigenvalue weighted by Gasteiger charge is 2.25. The van der Waals surface area contributed by atoms with Crippen LogP contribution >= 0.6 is 22.9 Å². The largest absolute Gasteiger partial charge is 0.340 e. The topological polar surface area (TPSA) is 20.3 Å². The summed E-state index contributed by atoms with van der Waals surface area (Å²) in [5.41, 5.74) is 0. The lowest BCUT2D eigenvalue weighted by Gasteiger charge is -2.20. The molecule has 16 heavy (non-hydrogen) atoms. The molecular weight excluding hydrogens is 242 g/mol. The minimum absolute atomic E-state index is 0.264. The molecule has 0 aromatic carbocycles. The molecule has 0 N–H and O–H groups in total. The summed E-state index contributed by atoms with van der Waals surface area (Å²) in [7, 11) is 1.88. The van der Waals surface area contributed by atoms with E-state index in [1.807, 2.05) is 24.1 Å². The number of thiophene rings is 1. The molecule has 0 atom stereocenters. The van der Waals surface area contributed by atoms with Gasteiger partial charge in [-0.1, -0.05) is 24.4 Å². The molecule has 1 fully saturated rings. The Bertz CT molecular complexity index is 371. The van der Waals surface area contributed by atoms with Gasteiger partial charge in [0.1, 0.15) is 0 Å². The Labute approximate surface area is 105 Å². The average molecular weight is 258 g/mol. The van der Waals surface area contributed by atoms with Crippen LogP contribution in [0.5, 0.6) is 0 Å². The second-order valence-electron chi connectivity index (χ2n) is 4.38. The molecule has 1 heterocycles. The van der Waals surface area contributed by atoms with Gasteiger partial charge in [-0.15, -0.1) is 11.3 Å². The fraction of sp³-hybridized carbons (Fsp3) is 0.583. The maximum absolute atomic E-state index is 12.1. The quantitative estimate of drug-likeness (QED) is 0.811. The van der Waals surface area contributed by atoms with Crippen molar-refractivity contribution in [1.82, 2.24) is 4.90 Å². The van der Waals surface area contributed by atoms with Crippen LogP contribution in [0.15, 0.2) is 12.1 Å². The zero-order valence-electron chi connectivity index (χ0n) is 9.41. The maximum Gasteiger partial charge on any atom is 0.225 e. The van der Waals surface area contributed by atoms with Crippen LogP contribution in [0, 0.1) is 5.92 Å². The number of carbonyl (C=O) groups excluding carboxylic acids is 1. The van der Waals surface area contributed by atoms with Crippen LogP contribution in [0.25, 0.3) is 0 Å². The second kappa shape index (κ2) is 5.19. The van der Waals surface area contributed by atoms with Crippen molar-refractivity contribution in [3.8, 4) is 0 Å². The molecule has 1 saturated carbocycles. The highest BCUT2D eigenvalue weighted by atomic mass is 35.5. The van der Waals surface area contributed by atoms with Crippen LogP contribution < -0.4 is 0 Å². The van der Waals surface area contributed by atoms with Crippen LogP contribution in [0.3, 0.4) is 0 Å². The molecule has 0 unspecified atom stereocenters. The van der Waals surface area contributed by atoms with Crippen LogP contribution in [0.4, 0.5) is 0 Å². The second-order valence-corrected chi connectivity index (χ2v) is 6.18. The molecule has 88 valence electrons. The summed E-state index contributed by atoms with van der Waals surface area (Å²) in [6.45, 7) is 0.687. The Balaban J connectivity index is 1.91. The SMILES string of the molecule is CN(Cc1ccc(Cl)s1)C(=O)C1CCCC1. The van der Waals surface area contributed by atoms with Crippen LogP contribution in [0.2, 0.25) is 4.34 Å². The first kappa shape index (κ1) is 11.9. The van der Waals surface area contributed by atoms with Crippen molar-refractivity contribution in [3.63, 3.8) is 0 Å². The molecule has 1 aromatic rings. The third-order valence-electron chi connectivity index (χ3n) is 3.10. The summed E-state index contributed by atoms with van der Waals surface area (Å²) >= 11 is 7.41. The Hall–Kier alpha value is -0.540. The fourth-order valence-corrected chi connectivity index (χ4v) is 3.37. The molecule has 1 aromatic heterocycles. The normalized spacial score (nSPS) is 16.6. The lowest BCUT2D eigenvalue weighted by atomic mass is 10.1. The van der Waals surface area contributed by atoms with Gasteiger partial charge < -0.3 is 4.90 Å². The average Bonchev–Trinajstić information content (AvgIpc) is 2.88. The molecule has 1 aliphatic carbocycles. The van der Waals surface area contributed by atoms with Gasteiger partial charge in [0.05, 0.1) is 10.9 Å². The Morgan fingerprint density at radius 2 is 2.19 bits per heavy atom. The third-order valence-corrected chi connectivity index (χ3v) is 4.32. The van der Waals surface area contributed by atoms with Crippen molar-refractivity contribution in [2.75, 3.05) is 7.05 Å². The van der Waals surface area contributed by atoms with Gasteiger partial charge in [0.2, 0.25) is 5.91 Å². The summed E-state index contributed by atoms with van der Waals surface area (Å²) in [6.07, 6.45) is 4.53. The standard InChI is InChI=1S/C12H16ClNOS/c1-14(8-10-6-7-11(13)16-10)12(15)9-4-2-3-5-9/h6-7,9H,2-5,8H2,1H3. The summed E-state index contributed by atoms with van der Waals surface area (Å²) < 4.78 is 0.789. The van der Waals surface area contributed by atoms with Crippen LogP contribution in [-0.2, 0) is 11.3 Å². The van der Waals surface area contributed by atoms with Crippen LogP contribution in [-0.4, -0.2) is 17.9 Å². The van der Waals surface area contributed by atoms with E-state index < -0.39 is 0 Å². The lowest BCUT2D eigenvalue weighted by molar-refractivity contribution is -0.134. The molecule has 2 rings (SSSR count). The summed E-state index contributed by atoms with van der Waals surface area (Å²) in [5, 5.41) is 0. The maximum atomic E-state index is 12.1. The van der Waals surface area contributed by atoms with Crippen molar-refractivity contribution < 1.29 is 4.79 Å². The van der Waals surface area contributed by atoms with Gasteiger partial charge in [-0.05, 0) is 25.0 Å². The Morgan fingerprint density at radius 3 is 2.75 bits per heavy atom. The minimum atomic E-state index is 0.264.